The van der Waals surface area contributed by atoms with Crippen LogP contribution in [0.3, 0.4) is 0 Å². The minimum Gasteiger partial charge on any atom is -0.397 e. The number of anilines is 1. The van der Waals surface area contributed by atoms with Crippen LogP contribution in [0.2, 0.25) is 0 Å². The third-order valence-corrected chi connectivity index (χ3v) is 2.79. The number of hydrogen-bond donors (Lipinski definition) is 2. The van der Waals surface area contributed by atoms with Crippen LogP contribution < -0.4 is 11.1 Å². The average molecular weight is 205 g/mol. The van der Waals surface area contributed by atoms with E-state index >= 15 is 0 Å². The molecule has 0 bridgehead atoms. The first-order valence-electron chi connectivity index (χ1n) is 5.20. The Morgan fingerprint density at radius 2 is 2.33 bits per heavy atom. The van der Waals surface area contributed by atoms with E-state index in [1.54, 1.807) is 12.3 Å². The summed E-state index contributed by atoms with van der Waals surface area (Å²) in [7, 11) is 0. The maximum absolute atomic E-state index is 11.8. The first kappa shape index (κ1) is 9.96. The van der Waals surface area contributed by atoms with Gasteiger partial charge in [-0.3, -0.25) is 9.78 Å². The van der Waals surface area contributed by atoms with Gasteiger partial charge in [-0.2, -0.15) is 0 Å². The number of pyridine rings is 1. The summed E-state index contributed by atoms with van der Waals surface area (Å²) in [6, 6.07) is 2.02. The Morgan fingerprint density at radius 3 is 2.93 bits per heavy atom. The van der Waals surface area contributed by atoms with Gasteiger partial charge in [-0.05, 0) is 32.3 Å². The molecule has 0 saturated heterocycles. The van der Waals surface area contributed by atoms with Gasteiger partial charge in [0.1, 0.15) is 0 Å². The van der Waals surface area contributed by atoms with Gasteiger partial charge in [0.2, 0.25) is 0 Å². The number of nitrogens with two attached hydrogens (primary N) is 1. The van der Waals surface area contributed by atoms with E-state index in [-0.39, 0.29) is 5.91 Å². The second kappa shape index (κ2) is 3.88. The number of nitrogens with zero attached hydrogens (tertiary/aromatic N) is 1. The van der Waals surface area contributed by atoms with Crippen molar-refractivity contribution >= 4 is 11.6 Å². The van der Waals surface area contributed by atoms with Crippen LogP contribution in [0, 0.1) is 6.92 Å². The van der Waals surface area contributed by atoms with Gasteiger partial charge in [0.25, 0.3) is 5.91 Å². The predicted molar refractivity (Wildman–Crippen MR) is 58.5 cm³/mol. The molecular formula is C11H15N3O. The summed E-state index contributed by atoms with van der Waals surface area (Å²) in [6.45, 7) is 1.81. The zero-order chi connectivity index (χ0) is 10.8. The van der Waals surface area contributed by atoms with Crippen molar-refractivity contribution in [1.82, 2.24) is 10.3 Å². The molecule has 0 atom stereocenters. The average Bonchev–Trinajstić information content (AvgIpc) is 2.15. The minimum absolute atomic E-state index is 0.0583. The van der Waals surface area contributed by atoms with Crippen molar-refractivity contribution in [3.05, 3.63) is 23.5 Å². The molecule has 1 aromatic heterocycles. The number of aryl methyl sites for hydroxylation is 1. The molecule has 1 aromatic rings. The first-order valence-corrected chi connectivity index (χ1v) is 5.20. The van der Waals surface area contributed by atoms with E-state index in [9.17, 15) is 4.79 Å². The van der Waals surface area contributed by atoms with Crippen molar-refractivity contribution in [1.29, 1.82) is 0 Å². The molecule has 0 unspecified atom stereocenters. The molecule has 1 saturated carbocycles. The number of rotatable bonds is 2. The second-order valence-electron chi connectivity index (χ2n) is 4.00. The Bertz CT molecular complexity index is 385. The van der Waals surface area contributed by atoms with Crippen molar-refractivity contribution < 1.29 is 4.79 Å². The summed E-state index contributed by atoms with van der Waals surface area (Å²) in [5.41, 5.74) is 7.44. The van der Waals surface area contributed by atoms with E-state index in [0.29, 0.717) is 17.3 Å². The second-order valence-corrected chi connectivity index (χ2v) is 4.00. The molecule has 15 heavy (non-hydrogen) atoms. The molecule has 0 spiro atoms. The van der Waals surface area contributed by atoms with Gasteiger partial charge in [-0.15, -0.1) is 0 Å². The van der Waals surface area contributed by atoms with E-state index in [1.165, 1.54) is 6.42 Å². The van der Waals surface area contributed by atoms with Crippen molar-refractivity contribution in [2.45, 2.75) is 32.2 Å². The molecule has 0 aliphatic heterocycles. The molecule has 1 aliphatic carbocycles. The van der Waals surface area contributed by atoms with E-state index < -0.39 is 0 Å². The number of nitrogen functional groups attached to an aromatic ring is 1. The maximum Gasteiger partial charge on any atom is 0.253 e. The number of hydrogen-bond acceptors (Lipinski definition) is 3. The SMILES string of the molecule is Cc1ncc(N)cc1C(=O)NC1CCC1. The van der Waals surface area contributed by atoms with E-state index in [2.05, 4.69) is 10.3 Å². The Balaban J connectivity index is 2.12. The van der Waals surface area contributed by atoms with Crippen LogP contribution in [0.4, 0.5) is 5.69 Å². The van der Waals surface area contributed by atoms with Crippen LogP contribution >= 0.6 is 0 Å². The van der Waals surface area contributed by atoms with Crippen LogP contribution in [-0.2, 0) is 0 Å². The largest absolute Gasteiger partial charge is 0.397 e. The summed E-state index contributed by atoms with van der Waals surface area (Å²) < 4.78 is 0. The predicted octanol–water partition coefficient (Wildman–Crippen LogP) is 1.25. The molecule has 1 heterocycles. The summed E-state index contributed by atoms with van der Waals surface area (Å²) in [5, 5.41) is 2.97. The quantitative estimate of drug-likeness (QED) is 0.763. The molecule has 0 aromatic carbocycles. The van der Waals surface area contributed by atoms with Gasteiger partial charge >= 0.3 is 0 Å². The Labute approximate surface area is 88.9 Å². The number of aromatic nitrogens is 1. The fraction of sp³-hybridized carbons (Fsp3) is 0.455. The summed E-state index contributed by atoms with van der Waals surface area (Å²) in [5.74, 6) is -0.0583. The van der Waals surface area contributed by atoms with Gasteiger partial charge in [-0.25, -0.2) is 0 Å². The highest BCUT2D eigenvalue weighted by Gasteiger charge is 2.21. The van der Waals surface area contributed by atoms with Gasteiger partial charge in [0, 0.05) is 6.04 Å². The van der Waals surface area contributed by atoms with Crippen LogP contribution in [0.15, 0.2) is 12.3 Å². The smallest absolute Gasteiger partial charge is 0.253 e. The number of carbonyl (C=O) groups excluding carboxylic acids is 1. The highest BCUT2D eigenvalue weighted by atomic mass is 16.1. The molecule has 4 nitrogen and oxygen atoms in total. The molecule has 3 N–H and O–H groups in total. The molecule has 1 aliphatic rings. The lowest BCUT2D eigenvalue weighted by molar-refractivity contribution is 0.0916. The fourth-order valence-corrected chi connectivity index (χ4v) is 1.59. The lowest BCUT2D eigenvalue weighted by atomic mass is 9.93. The molecule has 4 heteroatoms. The Kier molecular flexibility index (Phi) is 2.58. The van der Waals surface area contributed by atoms with E-state index in [1.807, 2.05) is 6.92 Å². The number of nitrogens with one attached hydrogen (secondary N) is 1. The summed E-state index contributed by atoms with van der Waals surface area (Å²) >= 11 is 0. The van der Waals surface area contributed by atoms with E-state index in [0.717, 1.165) is 18.5 Å². The highest BCUT2D eigenvalue weighted by molar-refractivity contribution is 5.96. The maximum atomic E-state index is 11.8. The fourth-order valence-electron chi connectivity index (χ4n) is 1.59. The standard InChI is InChI=1S/C11H15N3O/c1-7-10(5-8(12)6-13-7)11(15)14-9-3-2-4-9/h5-6,9H,2-4,12H2,1H3,(H,14,15). The number of amides is 1. The Hall–Kier alpha value is -1.58. The van der Waals surface area contributed by atoms with Gasteiger partial charge < -0.3 is 11.1 Å². The van der Waals surface area contributed by atoms with Crippen molar-refractivity contribution in [3.8, 4) is 0 Å². The molecule has 0 radical (unpaired) electrons. The molecule has 1 amide bonds. The molecule has 1 fully saturated rings. The van der Waals surface area contributed by atoms with E-state index in [4.69, 9.17) is 5.73 Å². The molecule has 80 valence electrons. The zero-order valence-corrected chi connectivity index (χ0v) is 8.79. The lowest BCUT2D eigenvalue weighted by Gasteiger charge is -2.26. The van der Waals surface area contributed by atoms with Crippen LogP contribution in [0.25, 0.3) is 0 Å². The third-order valence-electron chi connectivity index (χ3n) is 2.79. The lowest BCUT2D eigenvalue weighted by Crippen LogP contribution is -2.39. The van der Waals surface area contributed by atoms with Crippen LogP contribution in [0.5, 0.6) is 0 Å². The molecular weight excluding hydrogens is 190 g/mol. The third kappa shape index (κ3) is 2.09. The van der Waals surface area contributed by atoms with Gasteiger partial charge in [0.15, 0.2) is 0 Å². The van der Waals surface area contributed by atoms with Crippen molar-refractivity contribution in [2.75, 3.05) is 5.73 Å². The zero-order valence-electron chi connectivity index (χ0n) is 8.79. The minimum atomic E-state index is -0.0583. The monoisotopic (exact) mass is 205 g/mol. The normalized spacial score (nSPS) is 15.8. The van der Waals surface area contributed by atoms with Crippen LogP contribution in [-0.4, -0.2) is 16.9 Å². The first-order chi connectivity index (χ1) is 7.16. The summed E-state index contributed by atoms with van der Waals surface area (Å²) in [6.07, 6.45) is 4.94. The number of carbonyl (C=O) groups is 1. The summed E-state index contributed by atoms with van der Waals surface area (Å²) in [4.78, 5) is 15.9. The van der Waals surface area contributed by atoms with Gasteiger partial charge in [-0.1, -0.05) is 0 Å². The molecule has 2 rings (SSSR count). The van der Waals surface area contributed by atoms with Gasteiger partial charge in [0.05, 0.1) is 23.1 Å². The highest BCUT2D eigenvalue weighted by Crippen LogP contribution is 2.19. The van der Waals surface area contributed by atoms with Crippen molar-refractivity contribution in [3.63, 3.8) is 0 Å². The Morgan fingerprint density at radius 1 is 1.60 bits per heavy atom. The van der Waals surface area contributed by atoms with Crippen molar-refractivity contribution in [2.24, 2.45) is 0 Å². The topological polar surface area (TPSA) is 68.0 Å². The van der Waals surface area contributed by atoms with Crippen LogP contribution in [0.1, 0.15) is 35.3 Å².